The highest BCUT2D eigenvalue weighted by Crippen LogP contribution is 2.41. The Bertz CT molecular complexity index is 1400. The lowest BCUT2D eigenvalue weighted by Gasteiger charge is -2.24. The van der Waals surface area contributed by atoms with E-state index < -0.39 is 0 Å². The summed E-state index contributed by atoms with van der Waals surface area (Å²) in [5, 5.41) is 0. The summed E-state index contributed by atoms with van der Waals surface area (Å²) in [6.45, 7) is 13.7. The van der Waals surface area contributed by atoms with Crippen molar-refractivity contribution >= 4 is 23.6 Å². The van der Waals surface area contributed by atoms with E-state index in [4.69, 9.17) is 12.2 Å². The lowest BCUT2D eigenvalue weighted by molar-refractivity contribution is 0.590. The minimum Gasteiger partial charge on any atom is -0.294 e. The number of hydrogen-bond acceptors (Lipinski definition) is 2. The van der Waals surface area contributed by atoms with E-state index >= 15 is 0 Å². The average molecular weight is 512 g/mol. The molecule has 5 rings (SSSR count). The molecule has 36 heavy (non-hydrogen) atoms. The van der Waals surface area contributed by atoms with Gasteiger partial charge in [-0.2, -0.15) is 0 Å². The highest BCUT2D eigenvalue weighted by Gasteiger charge is 2.24. The van der Waals surface area contributed by atoms with Crippen molar-refractivity contribution in [2.24, 2.45) is 0 Å². The van der Waals surface area contributed by atoms with Gasteiger partial charge in [0.25, 0.3) is 0 Å². The Balaban J connectivity index is 1.83. The fraction of sp³-hybridized carbons (Fsp3) is 0.364. The Morgan fingerprint density at radius 3 is 1.72 bits per heavy atom. The number of para-hydroxylation sites is 1. The number of benzene rings is 3. The van der Waals surface area contributed by atoms with Crippen molar-refractivity contribution in [1.29, 1.82) is 0 Å². The molecular formula is C33H37NS2. The normalized spacial score (nSPS) is 14.1. The summed E-state index contributed by atoms with van der Waals surface area (Å²) in [6.07, 6.45) is 4.74. The Morgan fingerprint density at radius 1 is 0.694 bits per heavy atom. The maximum Gasteiger partial charge on any atom is 0.166 e. The van der Waals surface area contributed by atoms with Gasteiger partial charge < -0.3 is 0 Å². The molecule has 3 heteroatoms. The van der Waals surface area contributed by atoms with E-state index in [1.807, 2.05) is 11.3 Å². The van der Waals surface area contributed by atoms with Crippen LogP contribution >= 0.6 is 23.6 Å². The molecule has 1 aliphatic rings. The van der Waals surface area contributed by atoms with E-state index in [1.165, 1.54) is 62.5 Å². The first-order chi connectivity index (χ1) is 17.0. The van der Waals surface area contributed by atoms with Crippen molar-refractivity contribution in [3.8, 4) is 27.9 Å². The number of thiazole rings is 1. The fourth-order valence-electron chi connectivity index (χ4n) is 5.25. The van der Waals surface area contributed by atoms with Gasteiger partial charge in [-0.05, 0) is 71.0 Å². The predicted molar refractivity (Wildman–Crippen MR) is 159 cm³/mol. The summed E-state index contributed by atoms with van der Waals surface area (Å²) >= 11 is 7.89. The number of fused-ring (bicyclic) bond motifs is 1. The van der Waals surface area contributed by atoms with Gasteiger partial charge in [-0.25, -0.2) is 0 Å². The van der Waals surface area contributed by atoms with E-state index in [-0.39, 0.29) is 10.8 Å². The minimum atomic E-state index is 0.0900. The standard InChI is InChI=1S/C33H37NS2/c1-32(2,3)24-14-9-12-22(20-24)26-16-11-17-27(23-13-10-15-25(21-23)33(4,5)6)30(26)34-28-18-7-8-19-29(28)36-31(34)35/h9-17,20-21H,7-8,18-19H2,1-6H3. The second-order valence-corrected chi connectivity index (χ2v) is 13.9. The molecule has 0 saturated carbocycles. The predicted octanol–water partition coefficient (Wildman–Crippen LogP) is 10.1. The molecule has 1 heterocycles. The molecule has 1 aliphatic carbocycles. The maximum atomic E-state index is 6.07. The zero-order valence-electron chi connectivity index (χ0n) is 22.4. The Labute approximate surface area is 225 Å². The summed E-state index contributed by atoms with van der Waals surface area (Å²) in [6, 6.07) is 24.9. The van der Waals surface area contributed by atoms with Crippen molar-refractivity contribution < 1.29 is 0 Å². The lowest BCUT2D eigenvalue weighted by Crippen LogP contribution is -2.12. The van der Waals surface area contributed by atoms with Crippen LogP contribution in [0.2, 0.25) is 0 Å². The fourth-order valence-corrected chi connectivity index (χ4v) is 6.82. The molecule has 4 aromatic rings. The molecule has 0 spiro atoms. The Kier molecular flexibility index (Phi) is 6.59. The largest absolute Gasteiger partial charge is 0.294 e. The van der Waals surface area contributed by atoms with Crippen LogP contribution < -0.4 is 0 Å². The van der Waals surface area contributed by atoms with Crippen LogP contribution in [0.4, 0.5) is 0 Å². The second kappa shape index (κ2) is 9.43. The third-order valence-electron chi connectivity index (χ3n) is 7.39. The van der Waals surface area contributed by atoms with Crippen molar-refractivity contribution in [2.75, 3.05) is 0 Å². The summed E-state index contributed by atoms with van der Waals surface area (Å²) in [4.78, 5) is 1.47. The van der Waals surface area contributed by atoms with E-state index in [0.717, 1.165) is 16.8 Å². The van der Waals surface area contributed by atoms with Gasteiger partial charge in [-0.1, -0.05) is 108 Å². The van der Waals surface area contributed by atoms with Crippen LogP contribution in [0.15, 0.2) is 66.7 Å². The number of aryl methyl sites for hydroxylation is 1. The number of aromatic nitrogens is 1. The second-order valence-electron chi connectivity index (χ2n) is 12.1. The molecule has 0 N–H and O–H groups in total. The first-order valence-electron chi connectivity index (χ1n) is 13.1. The van der Waals surface area contributed by atoms with Crippen molar-refractivity contribution in [1.82, 2.24) is 4.57 Å². The lowest BCUT2D eigenvalue weighted by atomic mass is 9.84. The zero-order valence-corrected chi connectivity index (χ0v) is 24.1. The van der Waals surface area contributed by atoms with Gasteiger partial charge in [-0.3, -0.25) is 4.57 Å². The van der Waals surface area contributed by atoms with Crippen LogP contribution in [-0.2, 0) is 23.7 Å². The third kappa shape index (κ3) is 4.76. The zero-order chi connectivity index (χ0) is 25.7. The molecular weight excluding hydrogens is 475 g/mol. The van der Waals surface area contributed by atoms with Crippen LogP contribution in [0.25, 0.3) is 27.9 Å². The summed E-state index contributed by atoms with van der Waals surface area (Å²) in [5.41, 5.74) is 10.5. The van der Waals surface area contributed by atoms with Gasteiger partial charge in [-0.15, -0.1) is 11.3 Å². The summed E-state index contributed by atoms with van der Waals surface area (Å²) in [5.74, 6) is 0. The van der Waals surface area contributed by atoms with Crippen LogP contribution in [0.5, 0.6) is 0 Å². The first kappa shape index (κ1) is 25.2. The van der Waals surface area contributed by atoms with Crippen molar-refractivity contribution in [3.63, 3.8) is 0 Å². The molecule has 0 radical (unpaired) electrons. The molecule has 186 valence electrons. The smallest absolute Gasteiger partial charge is 0.166 e. The highest BCUT2D eigenvalue weighted by atomic mass is 32.1. The third-order valence-corrected chi connectivity index (χ3v) is 8.87. The van der Waals surface area contributed by atoms with E-state index in [1.54, 1.807) is 0 Å². The molecule has 0 bridgehead atoms. The summed E-state index contributed by atoms with van der Waals surface area (Å²) < 4.78 is 3.39. The van der Waals surface area contributed by atoms with Gasteiger partial charge in [0.15, 0.2) is 3.95 Å². The number of nitrogens with zero attached hydrogens (tertiary/aromatic N) is 1. The highest BCUT2D eigenvalue weighted by molar-refractivity contribution is 7.73. The number of rotatable bonds is 3. The van der Waals surface area contributed by atoms with Crippen LogP contribution in [-0.4, -0.2) is 4.57 Å². The minimum absolute atomic E-state index is 0.0900. The molecule has 1 aromatic heterocycles. The maximum absolute atomic E-state index is 6.07. The van der Waals surface area contributed by atoms with Crippen LogP contribution in [0.1, 0.15) is 76.1 Å². The van der Waals surface area contributed by atoms with Crippen molar-refractivity contribution in [2.45, 2.75) is 78.1 Å². The quantitative estimate of drug-likeness (QED) is 0.248. The average Bonchev–Trinajstić information content (AvgIpc) is 3.18. The summed E-state index contributed by atoms with van der Waals surface area (Å²) in [7, 11) is 0. The van der Waals surface area contributed by atoms with Gasteiger partial charge in [0.05, 0.1) is 5.69 Å². The Morgan fingerprint density at radius 2 is 1.19 bits per heavy atom. The van der Waals surface area contributed by atoms with E-state index in [0.29, 0.717) is 0 Å². The van der Waals surface area contributed by atoms with Crippen LogP contribution in [0, 0.1) is 3.95 Å². The van der Waals surface area contributed by atoms with Gasteiger partial charge >= 0.3 is 0 Å². The van der Waals surface area contributed by atoms with E-state index in [9.17, 15) is 0 Å². The number of hydrogen-bond donors (Lipinski definition) is 0. The molecule has 0 fully saturated rings. The Hall–Kier alpha value is -2.49. The van der Waals surface area contributed by atoms with Crippen molar-refractivity contribution in [3.05, 3.63) is 92.4 Å². The molecule has 0 unspecified atom stereocenters. The SMILES string of the molecule is CC(C)(C)c1cccc(-c2cccc(-c3cccc(C(C)(C)C)c3)c2-n2c3c(sc2=S)CCCC3)c1. The van der Waals surface area contributed by atoms with Crippen LogP contribution in [0.3, 0.4) is 0 Å². The first-order valence-corrected chi connectivity index (χ1v) is 14.4. The van der Waals surface area contributed by atoms with E-state index in [2.05, 4.69) is 113 Å². The van der Waals surface area contributed by atoms with Gasteiger partial charge in [0, 0.05) is 21.7 Å². The van der Waals surface area contributed by atoms with Gasteiger partial charge in [0.2, 0.25) is 0 Å². The molecule has 0 amide bonds. The molecule has 1 nitrogen and oxygen atoms in total. The monoisotopic (exact) mass is 511 g/mol. The molecule has 0 atom stereocenters. The molecule has 0 saturated heterocycles. The van der Waals surface area contributed by atoms with Gasteiger partial charge in [0.1, 0.15) is 0 Å². The molecule has 0 aliphatic heterocycles. The molecule has 3 aromatic carbocycles. The topological polar surface area (TPSA) is 4.93 Å².